The van der Waals surface area contributed by atoms with Crippen molar-refractivity contribution in [2.75, 3.05) is 4.43 Å². The van der Waals surface area contributed by atoms with Crippen LogP contribution in [0, 0.1) is 18.3 Å². The first-order valence-electron chi connectivity index (χ1n) is 6.01. The fourth-order valence-corrected chi connectivity index (χ4v) is 3.65. The number of nitrogens with one attached hydrogen (secondary N) is 1. The van der Waals surface area contributed by atoms with Gasteiger partial charge in [0.05, 0.1) is 6.04 Å². The highest BCUT2D eigenvalue weighted by Gasteiger charge is 2.62. The number of aromatic nitrogens is 2. The fraction of sp³-hybridized carbons (Fsp3) is 0.538. The van der Waals surface area contributed by atoms with E-state index in [4.69, 9.17) is 6.42 Å². The van der Waals surface area contributed by atoms with E-state index in [0.29, 0.717) is 0 Å². The summed E-state index contributed by atoms with van der Waals surface area (Å²) in [5.74, 6) is 0.967. The summed E-state index contributed by atoms with van der Waals surface area (Å²) < 4.78 is 30.8. The number of alkyl halides is 3. The Balaban J connectivity index is 2.59. The highest BCUT2D eigenvalue weighted by atomic mass is 127. The molecule has 2 rings (SSSR count). The van der Waals surface area contributed by atoms with Gasteiger partial charge in [-0.15, -0.1) is 6.42 Å². The number of H-pyrrole nitrogens is 1. The number of rotatable bonds is 2. The first-order valence-corrected chi connectivity index (χ1v) is 7.54. The predicted octanol–water partition coefficient (Wildman–Crippen LogP) is 1.60. The lowest BCUT2D eigenvalue weighted by molar-refractivity contribution is 0.0805. The van der Waals surface area contributed by atoms with Crippen LogP contribution in [0.15, 0.2) is 21.9 Å². The van der Waals surface area contributed by atoms with E-state index >= 15 is 4.39 Å². The summed E-state index contributed by atoms with van der Waals surface area (Å²) in [6, 6.07) is -0.0442. The molecule has 0 amide bonds. The van der Waals surface area contributed by atoms with Gasteiger partial charge in [0.25, 0.3) is 5.56 Å². The SMILES string of the molecule is C#C[C@@]1(F)[C@H](C)[C@@](F)(CI)C[C@H]1n1ccc(=O)[nH]c1=O. The largest absolute Gasteiger partial charge is 0.328 e. The van der Waals surface area contributed by atoms with Gasteiger partial charge in [-0.25, -0.2) is 13.6 Å². The van der Waals surface area contributed by atoms with E-state index < -0.39 is 34.5 Å². The lowest BCUT2D eigenvalue weighted by Crippen LogP contribution is -2.42. The third-order valence-electron chi connectivity index (χ3n) is 4.05. The molecule has 4 atom stereocenters. The van der Waals surface area contributed by atoms with Gasteiger partial charge in [-0.05, 0) is 0 Å². The molecule has 0 bridgehead atoms. The third-order valence-corrected chi connectivity index (χ3v) is 5.32. The van der Waals surface area contributed by atoms with Crippen LogP contribution in [-0.4, -0.2) is 25.3 Å². The molecule has 1 aromatic rings. The van der Waals surface area contributed by atoms with Crippen LogP contribution in [0.2, 0.25) is 0 Å². The Bertz CT molecular complexity index is 680. The van der Waals surface area contributed by atoms with Crippen molar-refractivity contribution in [2.45, 2.75) is 30.7 Å². The van der Waals surface area contributed by atoms with Gasteiger partial charge < -0.3 is 0 Å². The molecule has 1 heterocycles. The average molecular weight is 394 g/mol. The van der Waals surface area contributed by atoms with Crippen molar-refractivity contribution in [3.05, 3.63) is 33.1 Å². The van der Waals surface area contributed by atoms with Crippen molar-refractivity contribution in [3.63, 3.8) is 0 Å². The number of hydrogen-bond donors (Lipinski definition) is 1. The maximum absolute atomic E-state index is 15.0. The topological polar surface area (TPSA) is 54.9 Å². The Morgan fingerprint density at radius 2 is 2.25 bits per heavy atom. The summed E-state index contributed by atoms with van der Waals surface area (Å²) in [6.45, 7) is 1.41. The second-order valence-corrected chi connectivity index (χ2v) is 5.80. The number of terminal acetylenes is 1. The van der Waals surface area contributed by atoms with Crippen LogP contribution >= 0.6 is 22.6 Å². The summed E-state index contributed by atoms with van der Waals surface area (Å²) in [6.07, 6.45) is 6.21. The number of nitrogens with zero attached hydrogens (tertiary/aromatic N) is 1. The van der Waals surface area contributed by atoms with Crippen molar-refractivity contribution in [2.24, 2.45) is 5.92 Å². The number of aromatic amines is 1. The van der Waals surface area contributed by atoms with Crippen LogP contribution in [0.25, 0.3) is 0 Å². The first-order chi connectivity index (χ1) is 9.28. The number of hydrogen-bond acceptors (Lipinski definition) is 2. The molecule has 1 N–H and O–H groups in total. The van der Waals surface area contributed by atoms with Gasteiger partial charge in [0.15, 0.2) is 5.67 Å². The zero-order valence-electron chi connectivity index (χ0n) is 10.7. The van der Waals surface area contributed by atoms with Crippen molar-refractivity contribution >= 4 is 22.6 Å². The fourth-order valence-electron chi connectivity index (χ4n) is 2.68. The van der Waals surface area contributed by atoms with E-state index in [2.05, 4.69) is 0 Å². The molecule has 4 nitrogen and oxygen atoms in total. The van der Waals surface area contributed by atoms with E-state index in [0.717, 1.165) is 16.8 Å². The molecule has 20 heavy (non-hydrogen) atoms. The van der Waals surface area contributed by atoms with Gasteiger partial charge in [-0.1, -0.05) is 35.4 Å². The van der Waals surface area contributed by atoms with Crippen LogP contribution in [0.1, 0.15) is 19.4 Å². The maximum Gasteiger partial charge on any atom is 0.328 e. The van der Waals surface area contributed by atoms with Gasteiger partial charge in [0.2, 0.25) is 0 Å². The Morgan fingerprint density at radius 3 is 2.75 bits per heavy atom. The van der Waals surface area contributed by atoms with Crippen molar-refractivity contribution < 1.29 is 8.78 Å². The molecule has 0 aliphatic heterocycles. The summed E-state index contributed by atoms with van der Waals surface area (Å²) in [5.41, 5.74) is -5.45. The standard InChI is InChI=1S/C13H13F2IN2O2/c1-3-13(15)8(2)12(14,7-16)6-9(13)18-5-4-10(19)17-11(18)20/h1,4-5,8-9H,6-7H2,2H3,(H,17,19,20)/t8-,9-,12+,13-/m1/s1. The quantitative estimate of drug-likeness (QED) is 0.471. The maximum atomic E-state index is 15.0. The molecule has 1 saturated carbocycles. The molecular weight excluding hydrogens is 381 g/mol. The van der Waals surface area contributed by atoms with Gasteiger partial charge in [0.1, 0.15) is 5.67 Å². The van der Waals surface area contributed by atoms with Crippen LogP contribution in [0.5, 0.6) is 0 Å². The van der Waals surface area contributed by atoms with Crippen molar-refractivity contribution in [1.29, 1.82) is 0 Å². The zero-order valence-corrected chi connectivity index (χ0v) is 12.9. The molecule has 0 unspecified atom stereocenters. The monoisotopic (exact) mass is 394 g/mol. The molecule has 0 radical (unpaired) electrons. The molecular formula is C13H13F2IN2O2. The molecule has 1 aromatic heterocycles. The van der Waals surface area contributed by atoms with Crippen molar-refractivity contribution in [3.8, 4) is 12.3 Å². The molecule has 108 valence electrons. The van der Waals surface area contributed by atoms with E-state index in [1.54, 1.807) is 0 Å². The minimum atomic E-state index is -2.28. The van der Waals surface area contributed by atoms with Gasteiger partial charge >= 0.3 is 5.69 Å². The molecule has 0 aromatic carbocycles. The first kappa shape index (κ1) is 15.2. The Labute approximate surface area is 127 Å². The Kier molecular flexibility index (Phi) is 3.79. The molecule has 7 heteroatoms. The Hall–Kier alpha value is -1.17. The molecule has 0 spiro atoms. The molecule has 0 saturated heterocycles. The predicted molar refractivity (Wildman–Crippen MR) is 79.5 cm³/mol. The summed E-state index contributed by atoms with van der Waals surface area (Å²) in [4.78, 5) is 24.9. The lowest BCUT2D eigenvalue weighted by Gasteiger charge is -2.28. The number of halogens is 3. The highest BCUT2D eigenvalue weighted by molar-refractivity contribution is 14.1. The molecule has 1 aliphatic carbocycles. The van der Waals surface area contributed by atoms with E-state index in [9.17, 15) is 14.0 Å². The minimum absolute atomic E-state index is 0.0773. The summed E-state index contributed by atoms with van der Waals surface area (Å²) in [7, 11) is 0. The normalized spacial score (nSPS) is 36.8. The van der Waals surface area contributed by atoms with Gasteiger partial charge in [-0.2, -0.15) is 0 Å². The van der Waals surface area contributed by atoms with Gasteiger partial charge in [0, 0.05) is 29.0 Å². The minimum Gasteiger partial charge on any atom is -0.293 e. The third kappa shape index (κ3) is 2.10. The highest BCUT2D eigenvalue weighted by Crippen LogP contribution is 2.53. The van der Waals surface area contributed by atoms with Crippen LogP contribution in [-0.2, 0) is 0 Å². The molecule has 1 fully saturated rings. The summed E-state index contributed by atoms with van der Waals surface area (Å²) in [5, 5.41) is 0. The van der Waals surface area contributed by atoms with Crippen LogP contribution in [0.4, 0.5) is 8.78 Å². The smallest absolute Gasteiger partial charge is 0.293 e. The lowest BCUT2D eigenvalue weighted by atomic mass is 9.87. The van der Waals surface area contributed by atoms with Crippen LogP contribution < -0.4 is 11.2 Å². The van der Waals surface area contributed by atoms with E-state index in [-0.39, 0.29) is 10.8 Å². The molecule has 1 aliphatic rings. The average Bonchev–Trinajstić information content (AvgIpc) is 2.62. The Morgan fingerprint density at radius 1 is 1.60 bits per heavy atom. The second-order valence-electron chi connectivity index (χ2n) is 5.04. The van der Waals surface area contributed by atoms with Crippen LogP contribution in [0.3, 0.4) is 0 Å². The zero-order chi connectivity index (χ0) is 15.1. The van der Waals surface area contributed by atoms with Crippen molar-refractivity contribution in [1.82, 2.24) is 9.55 Å². The van der Waals surface area contributed by atoms with E-state index in [1.165, 1.54) is 6.92 Å². The van der Waals surface area contributed by atoms with Gasteiger partial charge in [-0.3, -0.25) is 14.3 Å². The second kappa shape index (κ2) is 4.98. The van der Waals surface area contributed by atoms with E-state index in [1.807, 2.05) is 33.5 Å². The summed E-state index contributed by atoms with van der Waals surface area (Å²) >= 11 is 1.84.